The van der Waals surface area contributed by atoms with E-state index in [1.807, 2.05) is 60.0 Å². The number of aromatic amines is 1. The van der Waals surface area contributed by atoms with Gasteiger partial charge in [-0.1, -0.05) is 59.8 Å². The first kappa shape index (κ1) is 30.1. The molecule has 212 valence electrons. The summed E-state index contributed by atoms with van der Waals surface area (Å²) in [5, 5.41) is 3.83. The molecule has 13 heteroatoms. The number of fused-ring (bicyclic) bond motifs is 1. The second-order valence-electron chi connectivity index (χ2n) is 9.28. The second kappa shape index (κ2) is 12.9. The van der Waals surface area contributed by atoms with Gasteiger partial charge in [0.2, 0.25) is 0 Å². The maximum Gasteiger partial charge on any atom is 2.00 e. The minimum atomic E-state index is -0.859. The van der Waals surface area contributed by atoms with Crippen molar-refractivity contribution < 1.29 is 27.6 Å². The summed E-state index contributed by atoms with van der Waals surface area (Å²) in [6.07, 6.45) is 0. The summed E-state index contributed by atoms with van der Waals surface area (Å²) in [4.78, 5) is 43.2. The van der Waals surface area contributed by atoms with Crippen LogP contribution in [-0.2, 0) is 17.9 Å². The Bertz CT molecular complexity index is 2020. The van der Waals surface area contributed by atoms with Crippen LogP contribution in [0.15, 0.2) is 89.7 Å². The molecule has 0 aliphatic rings. The number of esters is 1. The third-order valence-corrected chi connectivity index (χ3v) is 6.62. The first-order valence-corrected chi connectivity index (χ1v) is 13.0. The van der Waals surface area contributed by atoms with Gasteiger partial charge in [-0.15, -0.1) is 0 Å². The summed E-state index contributed by atoms with van der Waals surface area (Å²) in [6, 6.07) is 20.9. The van der Waals surface area contributed by atoms with Crippen molar-refractivity contribution in [3.05, 3.63) is 111 Å². The zero-order valence-corrected chi connectivity index (χ0v) is 25.5. The molecule has 0 bridgehead atoms. The number of benzene rings is 3. The Morgan fingerprint density at radius 1 is 0.977 bits per heavy atom. The Labute approximate surface area is 273 Å². The third-order valence-electron chi connectivity index (χ3n) is 6.62. The summed E-state index contributed by atoms with van der Waals surface area (Å²) < 4.78 is 27.6. The van der Waals surface area contributed by atoms with Crippen LogP contribution in [0.25, 0.3) is 33.5 Å². The van der Waals surface area contributed by atoms with Crippen molar-refractivity contribution in [2.75, 3.05) is 6.61 Å². The fourth-order valence-electron chi connectivity index (χ4n) is 4.69. The number of para-hydroxylation sites is 1. The van der Waals surface area contributed by atoms with Gasteiger partial charge in [-0.05, 0) is 42.7 Å². The van der Waals surface area contributed by atoms with Crippen molar-refractivity contribution in [2.24, 2.45) is 0 Å². The largest absolute Gasteiger partial charge is 2.00 e. The molecule has 6 rings (SSSR count). The number of hydrogen-bond donors (Lipinski definition) is 1. The van der Waals surface area contributed by atoms with Gasteiger partial charge in [0.05, 0.1) is 29.7 Å². The molecule has 0 unspecified atom stereocenters. The molecule has 0 aliphatic heterocycles. The van der Waals surface area contributed by atoms with Crippen LogP contribution in [-0.4, -0.2) is 70.0 Å². The van der Waals surface area contributed by atoms with Gasteiger partial charge in [0.25, 0.3) is 6.01 Å². The third kappa shape index (κ3) is 6.21. The van der Waals surface area contributed by atoms with Crippen LogP contribution in [0.5, 0.6) is 6.01 Å². The fourth-order valence-corrected chi connectivity index (χ4v) is 4.69. The Morgan fingerprint density at radius 3 is 2.42 bits per heavy atom. The summed E-state index contributed by atoms with van der Waals surface area (Å²) in [5.74, 6) is -1.38. The molecule has 3 aromatic heterocycles. The van der Waals surface area contributed by atoms with Crippen molar-refractivity contribution in [3.8, 4) is 28.5 Å². The van der Waals surface area contributed by atoms with E-state index in [-0.39, 0.29) is 61.4 Å². The smallest absolute Gasteiger partial charge is 0.465 e. The predicted molar refractivity (Wildman–Crippen MR) is 155 cm³/mol. The van der Waals surface area contributed by atoms with E-state index in [9.17, 15) is 14.4 Å². The van der Waals surface area contributed by atoms with Gasteiger partial charge in [-0.2, -0.15) is 4.98 Å². The minimum absolute atomic E-state index is 0. The van der Waals surface area contributed by atoms with Gasteiger partial charge in [-0.25, -0.2) is 14.4 Å². The Kier molecular flexibility index (Phi) is 9.00. The molecule has 0 radical (unpaired) electrons. The second-order valence-corrected chi connectivity index (χ2v) is 9.28. The fraction of sp³-hybridized carbons (Fsp3) is 0.167. The number of nitrogens with one attached hydrogen (secondary N) is 1. The maximum absolute atomic E-state index is 13.2. The number of carbonyl (C=O) groups is 1. The summed E-state index contributed by atoms with van der Waals surface area (Å²) in [6.45, 7) is 3.88. The zero-order chi connectivity index (χ0) is 29.2. The summed E-state index contributed by atoms with van der Waals surface area (Å²) in [7, 11) is 0. The molecule has 0 atom stereocenters. The van der Waals surface area contributed by atoms with Crippen molar-refractivity contribution in [3.63, 3.8) is 0 Å². The Hall–Kier alpha value is -4.39. The van der Waals surface area contributed by atoms with E-state index in [1.165, 1.54) is 0 Å². The van der Waals surface area contributed by atoms with E-state index in [4.69, 9.17) is 18.3 Å². The number of aromatic nitrogens is 4. The van der Waals surface area contributed by atoms with Gasteiger partial charge in [0.1, 0.15) is 0 Å². The van der Waals surface area contributed by atoms with Crippen molar-refractivity contribution in [1.29, 1.82) is 0 Å². The van der Waals surface area contributed by atoms with Crippen LogP contribution in [0.3, 0.4) is 0 Å². The normalized spacial score (nSPS) is 10.9. The van der Waals surface area contributed by atoms with Crippen LogP contribution in [0.4, 0.5) is 0 Å². The van der Waals surface area contributed by atoms with Crippen LogP contribution in [0.1, 0.15) is 34.4 Å². The molecule has 0 fully saturated rings. The van der Waals surface area contributed by atoms with Crippen molar-refractivity contribution in [1.82, 2.24) is 19.7 Å². The standard InChI is InChI=1S/C30H24N4O8.Ca/c1-3-38-28-31-23-10-6-9-22(27(35)39-16-24-17(2)40-30(37)41-24)25(23)34(28)15-18-11-13-19(14-12-18)20-7-4-5-8-21(20)26-32-29(36)42-33-26;/h4-14H,3,15-16H2,1-2H3,(H,32,33,36);/q;+2. The first-order valence-electron chi connectivity index (χ1n) is 13.0. The van der Waals surface area contributed by atoms with E-state index in [0.29, 0.717) is 36.0 Å². The van der Waals surface area contributed by atoms with E-state index in [0.717, 1.165) is 22.3 Å². The van der Waals surface area contributed by atoms with E-state index < -0.39 is 17.5 Å². The average molecular weight is 609 g/mol. The number of aryl methyl sites for hydroxylation is 1. The minimum Gasteiger partial charge on any atom is -0.465 e. The SMILES string of the molecule is CCOc1nc2cccc(C(=O)OCc3oc(=O)oc3C)c2n1Cc1ccc(-c2ccccc2-c2noc(=O)[nH]2)cc1.[Ca+2]. The number of H-pyrrole nitrogens is 1. The van der Waals surface area contributed by atoms with Crippen LogP contribution in [0.2, 0.25) is 0 Å². The molecule has 0 amide bonds. The maximum atomic E-state index is 13.2. The topological polar surface area (TPSA) is 156 Å². The van der Waals surface area contributed by atoms with Gasteiger partial charge in [0, 0.05) is 5.56 Å². The average Bonchev–Trinajstić information content (AvgIpc) is 3.68. The summed E-state index contributed by atoms with van der Waals surface area (Å²) >= 11 is 0. The number of nitrogens with zero attached hydrogens (tertiary/aromatic N) is 3. The number of rotatable bonds is 9. The van der Waals surface area contributed by atoms with Gasteiger partial charge < -0.3 is 18.3 Å². The van der Waals surface area contributed by atoms with E-state index >= 15 is 0 Å². The van der Waals surface area contributed by atoms with Gasteiger partial charge in [0.15, 0.2) is 24.0 Å². The molecule has 0 saturated heterocycles. The Balaban J connectivity index is 0.00000368. The molecule has 0 aliphatic carbocycles. The number of hydrogen-bond acceptors (Lipinski definition) is 10. The van der Waals surface area contributed by atoms with Crippen LogP contribution >= 0.6 is 0 Å². The molecule has 3 heterocycles. The van der Waals surface area contributed by atoms with Gasteiger partial charge >= 0.3 is 55.3 Å². The number of carbonyl (C=O) groups excluding carboxylic acids is 1. The number of ether oxygens (including phenoxy) is 2. The molecule has 43 heavy (non-hydrogen) atoms. The molecule has 0 spiro atoms. The van der Waals surface area contributed by atoms with E-state index in [1.54, 1.807) is 25.1 Å². The quantitative estimate of drug-likeness (QED) is 0.185. The van der Waals surface area contributed by atoms with Crippen LogP contribution < -0.4 is 16.3 Å². The molecule has 3 aromatic carbocycles. The summed E-state index contributed by atoms with van der Waals surface area (Å²) in [5.41, 5.74) is 4.80. The van der Waals surface area contributed by atoms with E-state index in [2.05, 4.69) is 19.6 Å². The molecular formula is C30H24CaN4O8+2. The van der Waals surface area contributed by atoms with Crippen LogP contribution in [0, 0.1) is 6.92 Å². The zero-order valence-electron chi connectivity index (χ0n) is 23.3. The molecular weight excluding hydrogens is 584 g/mol. The molecule has 12 nitrogen and oxygen atoms in total. The van der Waals surface area contributed by atoms with Gasteiger partial charge in [-0.3, -0.25) is 14.1 Å². The monoisotopic (exact) mass is 608 g/mol. The molecule has 6 aromatic rings. The predicted octanol–water partition coefficient (Wildman–Crippen LogP) is 4.32. The Morgan fingerprint density at radius 2 is 1.74 bits per heavy atom. The number of imidazole rings is 1. The molecule has 1 N–H and O–H groups in total. The van der Waals surface area contributed by atoms with Crippen molar-refractivity contribution >= 4 is 54.7 Å². The first-order chi connectivity index (χ1) is 20.4. The van der Waals surface area contributed by atoms with Crippen molar-refractivity contribution in [2.45, 2.75) is 27.0 Å². The molecule has 0 saturated carbocycles.